The van der Waals surface area contributed by atoms with E-state index in [9.17, 15) is 4.79 Å². The molecule has 150 valence electrons. The fourth-order valence-electron chi connectivity index (χ4n) is 3.53. The van der Waals surface area contributed by atoms with Gasteiger partial charge in [-0.25, -0.2) is 9.97 Å². The smallest absolute Gasteiger partial charge is 0.257 e. The van der Waals surface area contributed by atoms with Crippen LogP contribution >= 0.6 is 0 Å². The molecule has 0 aliphatic carbocycles. The highest BCUT2D eigenvalue weighted by Gasteiger charge is 2.23. The van der Waals surface area contributed by atoms with Crippen LogP contribution < -0.4 is 11.1 Å². The minimum atomic E-state index is -0.155. The number of nitrogens with one attached hydrogen (secondary N) is 1. The van der Waals surface area contributed by atoms with Gasteiger partial charge in [0.25, 0.3) is 5.91 Å². The van der Waals surface area contributed by atoms with Crippen molar-refractivity contribution in [2.24, 2.45) is 0 Å². The van der Waals surface area contributed by atoms with Crippen LogP contribution in [0, 0.1) is 0 Å². The van der Waals surface area contributed by atoms with Crippen molar-refractivity contribution < 1.29 is 4.79 Å². The van der Waals surface area contributed by atoms with Crippen LogP contribution in [-0.2, 0) is 6.54 Å². The van der Waals surface area contributed by atoms with Gasteiger partial charge in [0.1, 0.15) is 16.9 Å². The molecule has 1 amide bonds. The fourth-order valence-corrected chi connectivity index (χ4v) is 3.53. The van der Waals surface area contributed by atoms with Crippen LogP contribution in [0.1, 0.15) is 69.2 Å². The van der Waals surface area contributed by atoms with Crippen LogP contribution in [0.2, 0.25) is 0 Å². The Morgan fingerprint density at radius 1 is 1.00 bits per heavy atom. The number of benzene rings is 1. The first kappa shape index (κ1) is 20.1. The number of carbonyl (C=O) groups is 1. The Hall–Kier alpha value is -2.63. The lowest BCUT2D eigenvalue weighted by molar-refractivity contribution is 0.0955. The van der Waals surface area contributed by atoms with E-state index in [1.165, 1.54) is 12.8 Å². The van der Waals surface area contributed by atoms with E-state index in [-0.39, 0.29) is 5.91 Å². The summed E-state index contributed by atoms with van der Waals surface area (Å²) in [7, 11) is 0. The van der Waals surface area contributed by atoms with Gasteiger partial charge in [-0.3, -0.25) is 4.79 Å². The molecule has 0 aliphatic rings. The van der Waals surface area contributed by atoms with Gasteiger partial charge < -0.3 is 15.6 Å². The van der Waals surface area contributed by atoms with Gasteiger partial charge in [-0.2, -0.15) is 0 Å². The molecule has 0 aliphatic heterocycles. The lowest BCUT2D eigenvalue weighted by atomic mass is 10.2. The molecule has 1 aromatic carbocycles. The first-order chi connectivity index (χ1) is 13.7. The lowest BCUT2D eigenvalue weighted by Gasteiger charge is -2.08. The number of carbonyl (C=O) groups excluding carboxylic acids is 1. The molecule has 2 aromatic heterocycles. The minimum Gasteiger partial charge on any atom is -0.384 e. The number of rotatable bonds is 10. The second-order valence-corrected chi connectivity index (χ2v) is 7.32. The number of amides is 1. The molecule has 3 aromatic rings. The Labute approximate surface area is 166 Å². The zero-order valence-corrected chi connectivity index (χ0v) is 17.0. The van der Waals surface area contributed by atoms with Crippen LogP contribution in [0.4, 0.5) is 5.82 Å². The van der Waals surface area contributed by atoms with Crippen LogP contribution in [0.25, 0.3) is 22.2 Å². The summed E-state index contributed by atoms with van der Waals surface area (Å²) in [5.74, 6) is 0.310. The van der Waals surface area contributed by atoms with E-state index in [1.54, 1.807) is 0 Å². The van der Waals surface area contributed by atoms with E-state index in [4.69, 9.17) is 15.7 Å². The molecule has 0 saturated heterocycles. The summed E-state index contributed by atoms with van der Waals surface area (Å²) >= 11 is 0. The molecule has 2 heterocycles. The number of nitrogens with two attached hydrogens (primary N) is 1. The first-order valence-electron chi connectivity index (χ1n) is 10.5. The van der Waals surface area contributed by atoms with Gasteiger partial charge in [0.2, 0.25) is 0 Å². The predicted octanol–water partition coefficient (Wildman–Crippen LogP) is 4.67. The molecule has 3 rings (SSSR count). The second-order valence-electron chi connectivity index (χ2n) is 7.32. The molecular weight excluding hydrogens is 350 g/mol. The number of hydrogen-bond acceptors (Lipinski definition) is 4. The number of nitrogens with zero attached hydrogens (tertiary/aromatic N) is 3. The van der Waals surface area contributed by atoms with Crippen LogP contribution in [0.5, 0.6) is 0 Å². The average molecular weight is 382 g/mol. The summed E-state index contributed by atoms with van der Waals surface area (Å²) in [6.45, 7) is 5.74. The molecule has 0 radical (unpaired) electrons. The fraction of sp³-hybridized carbons (Fsp3) is 0.500. The summed E-state index contributed by atoms with van der Waals surface area (Å²) in [4.78, 5) is 22.4. The van der Waals surface area contributed by atoms with Gasteiger partial charge in [-0.05, 0) is 25.0 Å². The summed E-state index contributed by atoms with van der Waals surface area (Å²) in [5.41, 5.74) is 9.78. The van der Waals surface area contributed by atoms with Crippen molar-refractivity contribution in [2.45, 2.75) is 65.3 Å². The van der Waals surface area contributed by atoms with Gasteiger partial charge in [-0.15, -0.1) is 0 Å². The highest BCUT2D eigenvalue weighted by Crippen LogP contribution is 2.28. The number of unbranched alkanes of at least 4 members (excludes halogenated alkanes) is 5. The Kier molecular flexibility index (Phi) is 6.85. The number of aromatic nitrogens is 3. The zero-order chi connectivity index (χ0) is 19.9. The van der Waals surface area contributed by atoms with Crippen molar-refractivity contribution >= 4 is 33.9 Å². The number of para-hydroxylation sites is 2. The van der Waals surface area contributed by atoms with Gasteiger partial charge >= 0.3 is 0 Å². The average Bonchev–Trinajstić information content (AvgIpc) is 2.97. The Bertz CT molecular complexity index is 947. The molecule has 3 N–H and O–H groups in total. The van der Waals surface area contributed by atoms with Gasteiger partial charge in [0, 0.05) is 13.1 Å². The van der Waals surface area contributed by atoms with E-state index in [1.807, 2.05) is 28.8 Å². The second kappa shape index (κ2) is 9.53. The lowest BCUT2D eigenvalue weighted by Crippen LogP contribution is -2.25. The highest BCUT2D eigenvalue weighted by molar-refractivity contribution is 6.10. The van der Waals surface area contributed by atoms with Crippen molar-refractivity contribution in [3.63, 3.8) is 0 Å². The summed E-state index contributed by atoms with van der Waals surface area (Å²) in [6.07, 6.45) is 7.69. The molecule has 28 heavy (non-hydrogen) atoms. The Morgan fingerprint density at radius 2 is 1.68 bits per heavy atom. The molecular formula is C22H31N5O. The molecule has 0 bridgehead atoms. The molecule has 6 nitrogen and oxygen atoms in total. The maximum absolute atomic E-state index is 12.9. The zero-order valence-electron chi connectivity index (χ0n) is 17.0. The monoisotopic (exact) mass is 381 g/mol. The summed E-state index contributed by atoms with van der Waals surface area (Å²) < 4.78 is 1.95. The molecule has 0 fully saturated rings. The maximum atomic E-state index is 12.9. The Balaban J connectivity index is 1.96. The van der Waals surface area contributed by atoms with E-state index >= 15 is 0 Å². The predicted molar refractivity (Wildman–Crippen MR) is 115 cm³/mol. The van der Waals surface area contributed by atoms with E-state index in [0.29, 0.717) is 29.1 Å². The number of fused-ring (bicyclic) bond motifs is 2. The quantitative estimate of drug-likeness (QED) is 0.500. The third kappa shape index (κ3) is 4.26. The molecule has 0 unspecified atom stereocenters. The van der Waals surface area contributed by atoms with Gasteiger partial charge in [0.05, 0.1) is 11.0 Å². The van der Waals surface area contributed by atoms with E-state index in [2.05, 4.69) is 19.2 Å². The third-order valence-corrected chi connectivity index (χ3v) is 5.12. The number of anilines is 1. The summed E-state index contributed by atoms with van der Waals surface area (Å²) in [5, 5.41) is 3.02. The summed E-state index contributed by atoms with van der Waals surface area (Å²) in [6, 6.07) is 7.73. The molecule has 6 heteroatoms. The normalized spacial score (nSPS) is 11.4. The topological polar surface area (TPSA) is 85.8 Å². The number of nitrogen functional groups attached to an aromatic ring is 1. The molecule has 0 spiro atoms. The largest absolute Gasteiger partial charge is 0.384 e. The van der Waals surface area contributed by atoms with Crippen molar-refractivity contribution in [1.29, 1.82) is 0 Å². The highest BCUT2D eigenvalue weighted by atomic mass is 16.1. The van der Waals surface area contributed by atoms with Crippen LogP contribution in [0.3, 0.4) is 0 Å². The van der Waals surface area contributed by atoms with Crippen molar-refractivity contribution in [3.8, 4) is 0 Å². The van der Waals surface area contributed by atoms with Crippen molar-refractivity contribution in [2.75, 3.05) is 12.3 Å². The minimum absolute atomic E-state index is 0.155. The van der Waals surface area contributed by atoms with Crippen molar-refractivity contribution in [1.82, 2.24) is 19.9 Å². The number of aryl methyl sites for hydroxylation is 1. The van der Waals surface area contributed by atoms with Crippen molar-refractivity contribution in [3.05, 3.63) is 29.8 Å². The van der Waals surface area contributed by atoms with E-state index in [0.717, 1.165) is 49.7 Å². The molecule has 0 atom stereocenters. The van der Waals surface area contributed by atoms with E-state index < -0.39 is 0 Å². The maximum Gasteiger partial charge on any atom is 0.257 e. The number of hydrogen-bond donors (Lipinski definition) is 2. The van der Waals surface area contributed by atoms with Crippen LogP contribution in [-0.4, -0.2) is 27.0 Å². The third-order valence-electron chi connectivity index (χ3n) is 5.12. The SMILES string of the molecule is CCCCCCNC(=O)c1c(N)n(CCCCC)c2nc3ccccc3nc12. The standard InChI is InChI=1S/C22H31N5O/c1-3-5-7-10-14-24-22(28)18-19-21(27(20(18)23)15-11-6-4-2)26-17-13-9-8-12-16(17)25-19/h8-9,12-13H,3-7,10-11,14-15,23H2,1-2H3,(H,24,28). The first-order valence-corrected chi connectivity index (χ1v) is 10.5. The van der Waals surface area contributed by atoms with Gasteiger partial charge in [-0.1, -0.05) is 58.1 Å². The van der Waals surface area contributed by atoms with Gasteiger partial charge in [0.15, 0.2) is 5.65 Å². The Morgan fingerprint density at radius 3 is 2.39 bits per heavy atom. The van der Waals surface area contributed by atoms with Crippen LogP contribution in [0.15, 0.2) is 24.3 Å². The molecule has 0 saturated carbocycles.